The van der Waals surface area contributed by atoms with Gasteiger partial charge in [0.15, 0.2) is 6.61 Å². The molecule has 0 N–H and O–H groups in total. The minimum Gasteiger partial charge on any atom is -0.390 e. The molecule has 3 aromatic rings. The first-order chi connectivity index (χ1) is 11.2. The first-order valence-electron chi connectivity index (χ1n) is 7.47. The lowest BCUT2D eigenvalue weighted by atomic mass is 10.1. The Hall–Kier alpha value is -2.46. The maximum Gasteiger partial charge on any atom is 0.153 e. The molecule has 0 atom stereocenters. The van der Waals surface area contributed by atoms with Gasteiger partial charge in [-0.15, -0.1) is 11.3 Å². The largest absolute Gasteiger partial charge is 0.390 e. The van der Waals surface area contributed by atoms with Crippen molar-refractivity contribution in [1.82, 2.24) is 4.98 Å². The summed E-state index contributed by atoms with van der Waals surface area (Å²) >= 11 is 1.65. The highest BCUT2D eigenvalue weighted by atomic mass is 32.1. The summed E-state index contributed by atoms with van der Waals surface area (Å²) in [5, 5.41) is 5.09. The number of thiazole rings is 1. The molecule has 0 radical (unpaired) electrons. The van der Waals surface area contributed by atoms with Crippen LogP contribution < -0.4 is 0 Å². The van der Waals surface area contributed by atoms with Gasteiger partial charge < -0.3 is 4.84 Å². The van der Waals surface area contributed by atoms with E-state index in [0.29, 0.717) is 6.61 Å². The molecule has 116 valence electrons. The zero-order valence-electron chi connectivity index (χ0n) is 13.2. The molecular formula is C19H18N2OS. The number of nitrogens with zero attached hydrogens (tertiary/aromatic N) is 2. The summed E-state index contributed by atoms with van der Waals surface area (Å²) in [4.78, 5) is 11.2. The van der Waals surface area contributed by atoms with Crippen LogP contribution in [0.15, 0.2) is 59.8 Å². The first kappa shape index (κ1) is 15.4. The molecule has 3 nitrogen and oxygen atoms in total. The zero-order valence-corrected chi connectivity index (χ0v) is 14.0. The van der Waals surface area contributed by atoms with Gasteiger partial charge in [-0.2, -0.15) is 0 Å². The Morgan fingerprint density at radius 3 is 2.57 bits per heavy atom. The Morgan fingerprint density at radius 2 is 1.78 bits per heavy atom. The van der Waals surface area contributed by atoms with E-state index in [1.54, 1.807) is 17.6 Å². The highest BCUT2D eigenvalue weighted by Crippen LogP contribution is 2.28. The molecule has 0 bridgehead atoms. The highest BCUT2D eigenvalue weighted by molar-refractivity contribution is 7.15. The molecule has 1 heterocycles. The van der Waals surface area contributed by atoms with E-state index in [1.807, 2.05) is 43.3 Å². The summed E-state index contributed by atoms with van der Waals surface area (Å²) in [7, 11) is 0. The molecule has 0 saturated heterocycles. The van der Waals surface area contributed by atoms with Gasteiger partial charge in [0.1, 0.15) is 5.01 Å². The third-order valence-corrected chi connectivity index (χ3v) is 4.74. The minimum absolute atomic E-state index is 0.443. The standard InChI is InChI=1S/C19H18N2OS/c1-14-8-6-7-11-17(14)12-20-22-13-18-15(2)21-19(23-18)16-9-4-3-5-10-16/h3-12H,13H2,1-2H3/b20-12+. The Bertz CT molecular complexity index is 809. The monoisotopic (exact) mass is 322 g/mol. The molecule has 0 fully saturated rings. The van der Waals surface area contributed by atoms with E-state index in [4.69, 9.17) is 4.84 Å². The molecule has 23 heavy (non-hydrogen) atoms. The van der Waals surface area contributed by atoms with E-state index in [0.717, 1.165) is 26.7 Å². The molecule has 0 aliphatic carbocycles. The Morgan fingerprint density at radius 1 is 1.04 bits per heavy atom. The zero-order chi connectivity index (χ0) is 16.1. The SMILES string of the molecule is Cc1ccccc1/C=N/OCc1sc(-c2ccccc2)nc1C. The van der Waals surface area contributed by atoms with E-state index in [1.165, 1.54) is 5.56 Å². The fraction of sp³-hybridized carbons (Fsp3) is 0.158. The highest BCUT2D eigenvalue weighted by Gasteiger charge is 2.09. The van der Waals surface area contributed by atoms with E-state index >= 15 is 0 Å². The van der Waals surface area contributed by atoms with Crippen LogP contribution in [0.5, 0.6) is 0 Å². The summed E-state index contributed by atoms with van der Waals surface area (Å²) in [5.74, 6) is 0. The predicted octanol–water partition coefficient (Wildman–Crippen LogP) is 4.98. The maximum absolute atomic E-state index is 5.45. The van der Waals surface area contributed by atoms with Crippen molar-refractivity contribution in [3.05, 3.63) is 76.3 Å². The van der Waals surface area contributed by atoms with E-state index in [2.05, 4.69) is 35.3 Å². The van der Waals surface area contributed by atoms with Gasteiger partial charge in [-0.05, 0) is 25.0 Å². The van der Waals surface area contributed by atoms with Crippen molar-refractivity contribution in [2.75, 3.05) is 0 Å². The van der Waals surface area contributed by atoms with E-state index in [-0.39, 0.29) is 0 Å². The third kappa shape index (κ3) is 3.85. The van der Waals surface area contributed by atoms with Crippen molar-refractivity contribution in [2.24, 2.45) is 5.16 Å². The van der Waals surface area contributed by atoms with Gasteiger partial charge in [0, 0.05) is 5.56 Å². The lowest BCUT2D eigenvalue weighted by Crippen LogP contribution is -1.89. The van der Waals surface area contributed by atoms with Crippen LogP contribution in [0.2, 0.25) is 0 Å². The number of hydrogen-bond donors (Lipinski definition) is 0. The van der Waals surface area contributed by atoms with Crippen molar-refractivity contribution in [1.29, 1.82) is 0 Å². The molecule has 2 aromatic carbocycles. The van der Waals surface area contributed by atoms with Crippen LogP contribution in [-0.4, -0.2) is 11.2 Å². The van der Waals surface area contributed by atoms with Crippen molar-refractivity contribution in [3.63, 3.8) is 0 Å². The fourth-order valence-corrected chi connectivity index (χ4v) is 3.16. The third-order valence-electron chi connectivity index (χ3n) is 3.56. The van der Waals surface area contributed by atoms with Gasteiger partial charge in [-0.3, -0.25) is 0 Å². The van der Waals surface area contributed by atoms with Crippen molar-refractivity contribution in [2.45, 2.75) is 20.5 Å². The molecule has 0 saturated carbocycles. The second-order valence-electron chi connectivity index (χ2n) is 5.26. The van der Waals surface area contributed by atoms with Crippen molar-refractivity contribution in [3.8, 4) is 10.6 Å². The van der Waals surface area contributed by atoms with Gasteiger partial charge in [0.2, 0.25) is 0 Å². The normalized spacial score (nSPS) is 11.0. The lowest BCUT2D eigenvalue weighted by molar-refractivity contribution is 0.134. The molecular weight excluding hydrogens is 304 g/mol. The van der Waals surface area contributed by atoms with E-state index < -0.39 is 0 Å². The van der Waals surface area contributed by atoms with Crippen LogP contribution in [0, 0.1) is 13.8 Å². The average molecular weight is 322 g/mol. The molecule has 0 amide bonds. The Balaban J connectivity index is 1.65. The quantitative estimate of drug-likeness (QED) is 0.490. The summed E-state index contributed by atoms with van der Waals surface area (Å²) in [6.45, 7) is 4.51. The van der Waals surface area contributed by atoms with Gasteiger partial charge in [0.05, 0.1) is 16.8 Å². The maximum atomic E-state index is 5.45. The molecule has 0 spiro atoms. The van der Waals surface area contributed by atoms with Gasteiger partial charge in [-0.25, -0.2) is 4.98 Å². The Kier molecular flexibility index (Phi) is 4.83. The fourth-order valence-electron chi connectivity index (χ4n) is 2.19. The molecule has 0 aliphatic heterocycles. The number of hydrogen-bond acceptors (Lipinski definition) is 4. The summed E-state index contributed by atoms with van der Waals surface area (Å²) in [6.07, 6.45) is 1.75. The first-order valence-corrected chi connectivity index (χ1v) is 8.28. The van der Waals surface area contributed by atoms with Crippen LogP contribution in [0.3, 0.4) is 0 Å². The van der Waals surface area contributed by atoms with Crippen LogP contribution in [0.1, 0.15) is 21.7 Å². The van der Waals surface area contributed by atoms with Crippen LogP contribution in [-0.2, 0) is 11.4 Å². The molecule has 1 aromatic heterocycles. The molecule has 4 heteroatoms. The van der Waals surface area contributed by atoms with E-state index in [9.17, 15) is 0 Å². The smallest absolute Gasteiger partial charge is 0.153 e. The molecule has 3 rings (SSSR count). The topological polar surface area (TPSA) is 34.5 Å². The van der Waals surface area contributed by atoms with Crippen molar-refractivity contribution >= 4 is 17.6 Å². The predicted molar refractivity (Wildman–Crippen MR) is 95.8 cm³/mol. The van der Waals surface area contributed by atoms with Gasteiger partial charge in [-0.1, -0.05) is 59.8 Å². The minimum atomic E-state index is 0.443. The van der Waals surface area contributed by atoms with Gasteiger partial charge in [0.25, 0.3) is 0 Å². The molecule has 0 unspecified atom stereocenters. The average Bonchev–Trinajstić information content (AvgIpc) is 2.95. The van der Waals surface area contributed by atoms with Gasteiger partial charge >= 0.3 is 0 Å². The number of aromatic nitrogens is 1. The second-order valence-corrected chi connectivity index (χ2v) is 6.34. The summed E-state index contributed by atoms with van der Waals surface area (Å²) in [5.41, 5.74) is 4.38. The number of benzene rings is 2. The number of oxime groups is 1. The van der Waals surface area contributed by atoms with Crippen LogP contribution in [0.25, 0.3) is 10.6 Å². The number of rotatable bonds is 5. The second kappa shape index (κ2) is 7.20. The van der Waals surface area contributed by atoms with Crippen LogP contribution in [0.4, 0.5) is 0 Å². The summed E-state index contributed by atoms with van der Waals surface area (Å²) in [6, 6.07) is 18.3. The van der Waals surface area contributed by atoms with Crippen LogP contribution >= 0.6 is 11.3 Å². The lowest BCUT2D eigenvalue weighted by Gasteiger charge is -1.99. The Labute approximate surface area is 140 Å². The summed E-state index contributed by atoms with van der Waals surface area (Å²) < 4.78 is 0. The number of aryl methyl sites for hydroxylation is 2. The molecule has 0 aliphatic rings. The van der Waals surface area contributed by atoms with Crippen molar-refractivity contribution < 1.29 is 4.84 Å².